The summed E-state index contributed by atoms with van der Waals surface area (Å²) < 4.78 is 10.9. The van der Waals surface area contributed by atoms with Crippen LogP contribution in [-0.4, -0.2) is 79.4 Å². The van der Waals surface area contributed by atoms with Crippen molar-refractivity contribution >= 4 is 12.0 Å². The number of carbonyl (C=O) groups is 2. The van der Waals surface area contributed by atoms with E-state index in [9.17, 15) is 9.59 Å². The number of piperazine rings is 1. The number of carbonyl (C=O) groups excluding carboxylic acids is 2. The lowest BCUT2D eigenvalue weighted by molar-refractivity contribution is -0.134. The maximum absolute atomic E-state index is 12.3. The quantitative estimate of drug-likeness (QED) is 0.801. The van der Waals surface area contributed by atoms with Gasteiger partial charge in [-0.3, -0.25) is 9.69 Å². The lowest BCUT2D eigenvalue weighted by atomic mass is 9.94. The highest BCUT2D eigenvalue weighted by atomic mass is 16.6. The molecule has 0 spiro atoms. The Kier molecular flexibility index (Phi) is 4.97. The molecule has 0 saturated carbocycles. The molecule has 0 aromatic heterocycles. The Labute approximate surface area is 131 Å². The monoisotopic (exact) mass is 313 g/mol. The number of likely N-dealkylation sites (N-methyl/N-ethyl adjacent to an activating group) is 1. The second-order valence-corrected chi connectivity index (χ2v) is 6.87. The third-order valence-electron chi connectivity index (χ3n) is 4.19. The van der Waals surface area contributed by atoms with E-state index in [1.165, 1.54) is 0 Å². The van der Waals surface area contributed by atoms with Crippen molar-refractivity contribution in [1.82, 2.24) is 15.1 Å². The highest BCUT2D eigenvalue weighted by molar-refractivity contribution is 5.86. The molecular weight excluding hydrogens is 286 g/mol. The predicted octanol–water partition coefficient (Wildman–Crippen LogP) is 0.444. The average Bonchev–Trinajstić information content (AvgIpc) is 2.95. The van der Waals surface area contributed by atoms with E-state index in [4.69, 9.17) is 9.47 Å². The summed E-state index contributed by atoms with van der Waals surface area (Å²) in [5.74, 6) is -0.00396. The van der Waals surface area contributed by atoms with Crippen LogP contribution in [0.3, 0.4) is 0 Å². The number of nitrogens with zero attached hydrogens (tertiary/aromatic N) is 2. The average molecular weight is 313 g/mol. The summed E-state index contributed by atoms with van der Waals surface area (Å²) >= 11 is 0. The first-order valence-electron chi connectivity index (χ1n) is 7.81. The molecule has 22 heavy (non-hydrogen) atoms. The van der Waals surface area contributed by atoms with Gasteiger partial charge in [-0.25, -0.2) is 4.79 Å². The van der Waals surface area contributed by atoms with E-state index in [-0.39, 0.29) is 12.0 Å². The molecule has 2 rings (SSSR count). The molecule has 2 fully saturated rings. The summed E-state index contributed by atoms with van der Waals surface area (Å²) in [5, 5.41) is 2.74. The Morgan fingerprint density at radius 2 is 1.82 bits per heavy atom. The van der Waals surface area contributed by atoms with Gasteiger partial charge in [0.2, 0.25) is 5.91 Å². The van der Waals surface area contributed by atoms with Crippen molar-refractivity contribution in [2.75, 3.05) is 46.4 Å². The van der Waals surface area contributed by atoms with E-state index in [1.54, 1.807) is 11.9 Å². The summed E-state index contributed by atoms with van der Waals surface area (Å²) in [4.78, 5) is 28.2. The molecule has 0 aromatic carbocycles. The molecule has 0 radical (unpaired) electrons. The number of nitrogens with one attached hydrogen (secondary N) is 1. The minimum absolute atomic E-state index is 0.00396. The topological polar surface area (TPSA) is 71.1 Å². The van der Waals surface area contributed by atoms with Gasteiger partial charge < -0.3 is 19.7 Å². The highest BCUT2D eigenvalue weighted by Gasteiger charge is 2.48. The fraction of sp³-hybridized carbons (Fsp3) is 0.867. The van der Waals surface area contributed by atoms with E-state index in [0.717, 1.165) is 0 Å². The molecule has 2 heterocycles. The summed E-state index contributed by atoms with van der Waals surface area (Å²) in [6.07, 6.45) is 0.405. The first kappa shape index (κ1) is 17.0. The van der Waals surface area contributed by atoms with Gasteiger partial charge in [0.15, 0.2) is 0 Å². The van der Waals surface area contributed by atoms with Crippen molar-refractivity contribution in [2.45, 2.75) is 38.3 Å². The van der Waals surface area contributed by atoms with Crippen molar-refractivity contribution in [1.29, 1.82) is 0 Å². The molecule has 2 aliphatic heterocycles. The Balaban J connectivity index is 1.96. The van der Waals surface area contributed by atoms with Gasteiger partial charge in [0.05, 0.1) is 6.61 Å². The minimum Gasteiger partial charge on any atom is -0.444 e. The number of rotatable bonds is 2. The first-order chi connectivity index (χ1) is 10.3. The summed E-state index contributed by atoms with van der Waals surface area (Å²) in [6.45, 7) is 9.01. The van der Waals surface area contributed by atoms with Crippen LogP contribution >= 0.6 is 0 Å². The second-order valence-electron chi connectivity index (χ2n) is 6.87. The van der Waals surface area contributed by atoms with Crippen LogP contribution in [0.5, 0.6) is 0 Å². The maximum atomic E-state index is 12.3. The molecule has 7 nitrogen and oxygen atoms in total. The van der Waals surface area contributed by atoms with Crippen LogP contribution in [0.4, 0.5) is 4.79 Å². The van der Waals surface area contributed by atoms with Gasteiger partial charge in [-0.05, 0) is 20.8 Å². The largest absolute Gasteiger partial charge is 0.444 e. The third-order valence-corrected chi connectivity index (χ3v) is 4.19. The summed E-state index contributed by atoms with van der Waals surface area (Å²) in [7, 11) is 1.65. The molecule has 1 atom stereocenters. The zero-order chi connectivity index (χ0) is 16.4. The van der Waals surface area contributed by atoms with Gasteiger partial charge in [0, 0.05) is 46.3 Å². The smallest absolute Gasteiger partial charge is 0.410 e. The number of amides is 2. The summed E-state index contributed by atoms with van der Waals surface area (Å²) in [6, 6.07) is 0. The highest BCUT2D eigenvalue weighted by Crippen LogP contribution is 2.28. The van der Waals surface area contributed by atoms with Gasteiger partial charge in [0.25, 0.3) is 0 Å². The molecule has 2 amide bonds. The van der Waals surface area contributed by atoms with Crippen LogP contribution in [0, 0.1) is 0 Å². The van der Waals surface area contributed by atoms with Crippen LogP contribution < -0.4 is 5.32 Å². The lowest BCUT2D eigenvalue weighted by Gasteiger charge is -2.43. The Morgan fingerprint density at radius 3 is 2.27 bits per heavy atom. The molecule has 0 aliphatic carbocycles. The normalized spacial score (nSPS) is 26.8. The van der Waals surface area contributed by atoms with E-state index in [0.29, 0.717) is 45.8 Å². The first-order valence-corrected chi connectivity index (χ1v) is 7.81. The van der Waals surface area contributed by atoms with Crippen LogP contribution in [0.2, 0.25) is 0 Å². The molecule has 2 aliphatic rings. The van der Waals surface area contributed by atoms with Gasteiger partial charge in [-0.2, -0.15) is 0 Å². The SMILES string of the molecule is CNC(=O)[C@]1(N2CCN(C(=O)OC(C)(C)C)CC2)CCOC1. The number of ether oxygens (including phenoxy) is 2. The molecular formula is C15H27N3O4. The summed E-state index contributed by atoms with van der Waals surface area (Å²) in [5.41, 5.74) is -1.08. The van der Waals surface area contributed by atoms with Crippen molar-refractivity contribution in [3.8, 4) is 0 Å². The molecule has 0 bridgehead atoms. The molecule has 0 aromatic rings. The van der Waals surface area contributed by atoms with E-state index >= 15 is 0 Å². The standard InChI is InChI=1S/C15H27N3O4/c1-14(2,3)22-13(20)17-6-8-18(9-7-17)15(12(19)16-4)5-10-21-11-15/h5-11H2,1-4H3,(H,16,19)/t15-/m0/s1. The fourth-order valence-corrected chi connectivity index (χ4v) is 3.00. The Hall–Kier alpha value is -1.34. The van der Waals surface area contributed by atoms with Crippen LogP contribution in [-0.2, 0) is 14.3 Å². The van der Waals surface area contributed by atoms with Gasteiger partial charge in [-0.1, -0.05) is 0 Å². The van der Waals surface area contributed by atoms with Crippen molar-refractivity contribution in [3.05, 3.63) is 0 Å². The van der Waals surface area contributed by atoms with Crippen LogP contribution in [0.15, 0.2) is 0 Å². The molecule has 1 N–H and O–H groups in total. The van der Waals surface area contributed by atoms with Crippen LogP contribution in [0.25, 0.3) is 0 Å². The predicted molar refractivity (Wildman–Crippen MR) is 81.6 cm³/mol. The molecule has 126 valence electrons. The van der Waals surface area contributed by atoms with Crippen molar-refractivity contribution < 1.29 is 19.1 Å². The lowest BCUT2D eigenvalue weighted by Crippen LogP contribution is -2.64. The molecule has 7 heteroatoms. The van der Waals surface area contributed by atoms with Gasteiger partial charge >= 0.3 is 6.09 Å². The zero-order valence-corrected chi connectivity index (χ0v) is 14.0. The van der Waals surface area contributed by atoms with E-state index < -0.39 is 11.1 Å². The Bertz CT molecular complexity index is 419. The maximum Gasteiger partial charge on any atom is 0.410 e. The zero-order valence-electron chi connectivity index (χ0n) is 14.0. The molecule has 2 saturated heterocycles. The third kappa shape index (κ3) is 3.52. The van der Waals surface area contributed by atoms with E-state index in [2.05, 4.69) is 10.2 Å². The number of hydrogen-bond acceptors (Lipinski definition) is 5. The minimum atomic E-state index is -0.589. The Morgan fingerprint density at radius 1 is 1.18 bits per heavy atom. The van der Waals surface area contributed by atoms with E-state index in [1.807, 2.05) is 20.8 Å². The van der Waals surface area contributed by atoms with Gasteiger partial charge in [0.1, 0.15) is 11.1 Å². The van der Waals surface area contributed by atoms with Crippen LogP contribution in [0.1, 0.15) is 27.2 Å². The number of hydrogen-bond donors (Lipinski definition) is 1. The van der Waals surface area contributed by atoms with Crippen molar-refractivity contribution in [3.63, 3.8) is 0 Å². The fourth-order valence-electron chi connectivity index (χ4n) is 3.00. The van der Waals surface area contributed by atoms with Crippen molar-refractivity contribution in [2.24, 2.45) is 0 Å². The second kappa shape index (κ2) is 6.42. The van der Waals surface area contributed by atoms with Gasteiger partial charge in [-0.15, -0.1) is 0 Å². The molecule has 0 unspecified atom stereocenters.